The number of likely N-dealkylation sites (N-methyl/N-ethyl adjacent to an activating group) is 1. The molecule has 0 unspecified atom stereocenters. The zero-order chi connectivity index (χ0) is 18.7. The molecule has 0 bridgehead atoms. The van der Waals surface area contributed by atoms with Crippen LogP contribution in [0.4, 0.5) is 17.1 Å². The van der Waals surface area contributed by atoms with Gasteiger partial charge in [0.25, 0.3) is 10.0 Å². The highest BCUT2D eigenvalue weighted by Crippen LogP contribution is 2.30. The van der Waals surface area contributed by atoms with E-state index in [0.717, 1.165) is 31.9 Å². The van der Waals surface area contributed by atoms with Crippen LogP contribution in [0.5, 0.6) is 5.75 Å². The molecular formula is C18H24N4O3S. The molecule has 26 heavy (non-hydrogen) atoms. The minimum atomic E-state index is -3.76. The van der Waals surface area contributed by atoms with Crippen molar-refractivity contribution in [1.29, 1.82) is 0 Å². The summed E-state index contributed by atoms with van der Waals surface area (Å²) in [5, 5.41) is 0. The molecule has 7 nitrogen and oxygen atoms in total. The van der Waals surface area contributed by atoms with Crippen molar-refractivity contribution in [1.82, 2.24) is 4.90 Å². The maximum absolute atomic E-state index is 12.7. The van der Waals surface area contributed by atoms with Crippen molar-refractivity contribution < 1.29 is 13.2 Å². The molecule has 2 aromatic carbocycles. The maximum Gasteiger partial charge on any atom is 0.262 e. The van der Waals surface area contributed by atoms with Gasteiger partial charge in [-0.2, -0.15) is 0 Å². The number of rotatable bonds is 5. The van der Waals surface area contributed by atoms with E-state index in [9.17, 15) is 8.42 Å². The first kappa shape index (κ1) is 18.3. The van der Waals surface area contributed by atoms with Crippen molar-refractivity contribution in [2.75, 3.05) is 55.7 Å². The van der Waals surface area contributed by atoms with E-state index in [2.05, 4.69) is 21.6 Å². The molecule has 0 aliphatic carbocycles. The molecule has 1 heterocycles. The van der Waals surface area contributed by atoms with Crippen LogP contribution in [0.1, 0.15) is 0 Å². The Hall–Kier alpha value is -2.45. The molecule has 0 amide bonds. The number of hydrogen-bond donors (Lipinski definition) is 2. The van der Waals surface area contributed by atoms with Gasteiger partial charge in [-0.3, -0.25) is 4.72 Å². The van der Waals surface area contributed by atoms with Gasteiger partial charge < -0.3 is 20.3 Å². The van der Waals surface area contributed by atoms with Crippen LogP contribution in [0.25, 0.3) is 0 Å². The summed E-state index contributed by atoms with van der Waals surface area (Å²) in [7, 11) is -0.182. The van der Waals surface area contributed by atoms with Gasteiger partial charge in [-0.15, -0.1) is 0 Å². The summed E-state index contributed by atoms with van der Waals surface area (Å²) >= 11 is 0. The van der Waals surface area contributed by atoms with Crippen LogP contribution in [0.3, 0.4) is 0 Å². The summed E-state index contributed by atoms with van der Waals surface area (Å²) in [5.74, 6) is 0.457. The first-order valence-corrected chi connectivity index (χ1v) is 9.88. The van der Waals surface area contributed by atoms with Gasteiger partial charge in [0.2, 0.25) is 0 Å². The lowest BCUT2D eigenvalue weighted by atomic mass is 10.2. The standard InChI is InChI=1S/C18H24N4O3S/c1-21-9-11-22(12-10-21)17-8-7-14(13-15(17)19)26(23,24)20-16-5-3-4-6-18(16)25-2/h3-8,13,20H,9-12,19H2,1-2H3. The molecule has 1 fully saturated rings. The average molecular weight is 376 g/mol. The number of methoxy groups -OCH3 is 1. The second kappa shape index (κ2) is 7.43. The quantitative estimate of drug-likeness (QED) is 0.774. The van der Waals surface area contributed by atoms with Crippen LogP contribution >= 0.6 is 0 Å². The highest BCUT2D eigenvalue weighted by atomic mass is 32.2. The van der Waals surface area contributed by atoms with E-state index >= 15 is 0 Å². The van der Waals surface area contributed by atoms with E-state index in [1.54, 1.807) is 36.4 Å². The lowest BCUT2D eigenvalue weighted by Crippen LogP contribution is -2.44. The number of sulfonamides is 1. The second-order valence-corrected chi connectivity index (χ2v) is 8.00. The Morgan fingerprint density at radius 1 is 1.08 bits per heavy atom. The zero-order valence-corrected chi connectivity index (χ0v) is 15.8. The van der Waals surface area contributed by atoms with E-state index in [0.29, 0.717) is 17.1 Å². The molecule has 3 rings (SSSR count). The third-order valence-corrected chi connectivity index (χ3v) is 5.87. The number of nitrogens with two attached hydrogens (primary N) is 1. The SMILES string of the molecule is COc1ccccc1NS(=O)(=O)c1ccc(N2CCN(C)CC2)c(N)c1. The Morgan fingerprint density at radius 3 is 2.42 bits per heavy atom. The number of nitrogen functional groups attached to an aromatic ring is 1. The molecule has 1 aliphatic heterocycles. The van der Waals surface area contributed by atoms with Crippen LogP contribution in [0.15, 0.2) is 47.4 Å². The monoisotopic (exact) mass is 376 g/mol. The summed E-state index contributed by atoms with van der Waals surface area (Å²) in [6.45, 7) is 3.64. The fraction of sp³-hybridized carbons (Fsp3) is 0.333. The largest absolute Gasteiger partial charge is 0.495 e. The van der Waals surface area contributed by atoms with Crippen LogP contribution in [-0.2, 0) is 10.0 Å². The lowest BCUT2D eigenvalue weighted by molar-refractivity contribution is 0.313. The molecule has 0 saturated carbocycles. The Morgan fingerprint density at radius 2 is 1.77 bits per heavy atom. The summed E-state index contributed by atoms with van der Waals surface area (Å²) in [6.07, 6.45) is 0. The Labute approximate surface area is 154 Å². The van der Waals surface area contributed by atoms with E-state index in [1.165, 1.54) is 13.2 Å². The maximum atomic E-state index is 12.7. The predicted molar refractivity (Wildman–Crippen MR) is 104 cm³/mol. The van der Waals surface area contributed by atoms with Crippen LogP contribution in [0, 0.1) is 0 Å². The third-order valence-electron chi connectivity index (χ3n) is 4.50. The predicted octanol–water partition coefficient (Wildman–Crippen LogP) is 1.83. The van der Waals surface area contributed by atoms with E-state index < -0.39 is 10.0 Å². The molecule has 2 aromatic rings. The first-order chi connectivity index (χ1) is 12.4. The molecular weight excluding hydrogens is 352 g/mol. The minimum Gasteiger partial charge on any atom is -0.495 e. The fourth-order valence-electron chi connectivity index (χ4n) is 2.97. The topological polar surface area (TPSA) is 87.9 Å². The second-order valence-electron chi connectivity index (χ2n) is 6.32. The summed E-state index contributed by atoms with van der Waals surface area (Å²) in [5.41, 5.74) is 7.87. The van der Waals surface area contributed by atoms with Crippen molar-refractivity contribution in [2.24, 2.45) is 0 Å². The van der Waals surface area contributed by atoms with Crippen LogP contribution < -0.4 is 20.1 Å². The minimum absolute atomic E-state index is 0.124. The Balaban J connectivity index is 1.83. The first-order valence-electron chi connectivity index (χ1n) is 8.39. The summed E-state index contributed by atoms with van der Waals surface area (Å²) < 4.78 is 33.2. The molecule has 3 N–H and O–H groups in total. The normalized spacial score (nSPS) is 15.7. The molecule has 0 atom stereocenters. The van der Waals surface area contributed by atoms with Crippen molar-refractivity contribution >= 4 is 27.1 Å². The molecule has 0 spiro atoms. The van der Waals surface area contributed by atoms with Crippen LogP contribution in [-0.4, -0.2) is 53.7 Å². The molecule has 8 heteroatoms. The number of ether oxygens (including phenoxy) is 1. The van der Waals surface area contributed by atoms with Crippen LogP contribution in [0.2, 0.25) is 0 Å². The van der Waals surface area contributed by atoms with Gasteiger partial charge >= 0.3 is 0 Å². The van der Waals surface area contributed by atoms with E-state index in [1.807, 2.05) is 0 Å². The van der Waals surface area contributed by atoms with E-state index in [-0.39, 0.29) is 4.90 Å². The molecule has 140 valence electrons. The Kier molecular flexibility index (Phi) is 5.24. The van der Waals surface area contributed by atoms with Gasteiger partial charge in [0.15, 0.2) is 0 Å². The smallest absolute Gasteiger partial charge is 0.262 e. The summed E-state index contributed by atoms with van der Waals surface area (Å²) in [6, 6.07) is 11.7. The van der Waals surface area contributed by atoms with Crippen molar-refractivity contribution in [3.05, 3.63) is 42.5 Å². The number of piperazine rings is 1. The van der Waals surface area contributed by atoms with Gasteiger partial charge in [0.05, 0.1) is 29.1 Å². The van der Waals surface area contributed by atoms with Gasteiger partial charge in [-0.25, -0.2) is 8.42 Å². The number of nitrogens with one attached hydrogen (secondary N) is 1. The van der Waals surface area contributed by atoms with Gasteiger partial charge in [0.1, 0.15) is 5.75 Å². The third kappa shape index (κ3) is 3.86. The van der Waals surface area contributed by atoms with E-state index in [4.69, 9.17) is 10.5 Å². The number of nitrogens with zero attached hydrogens (tertiary/aromatic N) is 2. The number of anilines is 3. The summed E-state index contributed by atoms with van der Waals surface area (Å²) in [4.78, 5) is 4.56. The van der Waals surface area contributed by atoms with Gasteiger partial charge in [0, 0.05) is 26.2 Å². The fourth-order valence-corrected chi connectivity index (χ4v) is 4.07. The van der Waals surface area contributed by atoms with Crippen molar-refractivity contribution in [3.63, 3.8) is 0 Å². The highest BCUT2D eigenvalue weighted by molar-refractivity contribution is 7.92. The van der Waals surface area contributed by atoms with Crippen molar-refractivity contribution in [2.45, 2.75) is 4.90 Å². The number of benzene rings is 2. The van der Waals surface area contributed by atoms with Gasteiger partial charge in [-0.1, -0.05) is 12.1 Å². The van der Waals surface area contributed by atoms with Crippen molar-refractivity contribution in [3.8, 4) is 5.75 Å². The zero-order valence-electron chi connectivity index (χ0n) is 15.0. The molecule has 0 radical (unpaired) electrons. The Bertz CT molecular complexity index is 878. The lowest BCUT2D eigenvalue weighted by Gasteiger charge is -2.34. The molecule has 1 saturated heterocycles. The number of para-hydroxylation sites is 2. The molecule has 1 aliphatic rings. The number of hydrogen-bond acceptors (Lipinski definition) is 6. The average Bonchev–Trinajstić information content (AvgIpc) is 2.63. The highest BCUT2D eigenvalue weighted by Gasteiger charge is 2.20. The van der Waals surface area contributed by atoms with Gasteiger partial charge in [-0.05, 0) is 37.4 Å². The molecule has 0 aromatic heterocycles.